The molecule has 0 aromatic carbocycles. The van der Waals surface area contributed by atoms with Gasteiger partial charge in [-0.25, -0.2) is 0 Å². The Bertz CT molecular complexity index is 62.4. The van der Waals surface area contributed by atoms with Crippen molar-refractivity contribution in [2.24, 2.45) is 11.8 Å². The highest BCUT2D eigenvalue weighted by Crippen LogP contribution is 2.09. The lowest BCUT2D eigenvalue weighted by Gasteiger charge is -2.06. The van der Waals surface area contributed by atoms with Gasteiger partial charge in [-0.2, -0.15) is 0 Å². The van der Waals surface area contributed by atoms with Gasteiger partial charge in [0, 0.05) is 0 Å². The fraction of sp³-hybridized carbons (Fsp3) is 0.625. The minimum Gasteiger partial charge on any atom is -0.103 e. The van der Waals surface area contributed by atoms with Crippen molar-refractivity contribution in [1.82, 2.24) is 0 Å². The summed E-state index contributed by atoms with van der Waals surface area (Å²) in [6.07, 6.45) is 3.06. The molecule has 0 N–H and O–H groups in total. The van der Waals surface area contributed by atoms with Gasteiger partial charge in [-0.05, 0) is 25.2 Å². The summed E-state index contributed by atoms with van der Waals surface area (Å²) in [5.74, 6) is 1.19. The Morgan fingerprint density at radius 2 is 2.00 bits per heavy atom. The van der Waals surface area contributed by atoms with Gasteiger partial charge in [0.1, 0.15) is 0 Å². The predicted molar refractivity (Wildman–Crippen MR) is 38.5 cm³/mol. The molecule has 0 aromatic rings. The smallest absolute Gasteiger partial charge is 0.0234 e. The zero-order valence-corrected chi connectivity index (χ0v) is 5.85. The second-order valence-corrected chi connectivity index (χ2v) is 2.63. The maximum Gasteiger partial charge on any atom is -0.0234 e. The van der Waals surface area contributed by atoms with E-state index in [2.05, 4.69) is 27.4 Å². The Labute approximate surface area is 52.6 Å². The summed E-state index contributed by atoms with van der Waals surface area (Å²) in [6.45, 7) is 11.9. The minimum atomic E-state index is 0.440. The van der Waals surface area contributed by atoms with Gasteiger partial charge in [-0.3, -0.25) is 0 Å². The molecule has 8 heavy (non-hydrogen) atoms. The summed E-state index contributed by atoms with van der Waals surface area (Å²) in [5, 5.41) is 0. The van der Waals surface area contributed by atoms with Gasteiger partial charge >= 0.3 is 0 Å². The van der Waals surface area contributed by atoms with E-state index in [1.807, 2.05) is 6.08 Å². The van der Waals surface area contributed by atoms with E-state index in [1.165, 1.54) is 0 Å². The van der Waals surface area contributed by atoms with Crippen LogP contribution in [0.2, 0.25) is 0 Å². The molecule has 0 bridgehead atoms. The topological polar surface area (TPSA) is 0 Å². The van der Waals surface area contributed by atoms with Crippen molar-refractivity contribution in [2.45, 2.75) is 20.3 Å². The van der Waals surface area contributed by atoms with Crippen LogP contribution in [0.1, 0.15) is 20.3 Å². The van der Waals surface area contributed by atoms with E-state index in [9.17, 15) is 0 Å². The van der Waals surface area contributed by atoms with Gasteiger partial charge in [0.05, 0.1) is 0 Å². The molecule has 0 aliphatic carbocycles. The summed E-state index contributed by atoms with van der Waals surface area (Å²) < 4.78 is 0. The van der Waals surface area contributed by atoms with E-state index in [0.29, 0.717) is 5.92 Å². The molecule has 0 saturated carbocycles. The lowest BCUT2D eigenvalue weighted by molar-refractivity contribution is 0.531. The Morgan fingerprint density at radius 1 is 1.50 bits per heavy atom. The van der Waals surface area contributed by atoms with Crippen molar-refractivity contribution in [3.63, 3.8) is 0 Å². The Balaban J connectivity index is 3.23. The monoisotopic (exact) mass is 111 g/mol. The van der Waals surface area contributed by atoms with Gasteiger partial charge in [0.25, 0.3) is 0 Å². The molecule has 0 saturated heterocycles. The van der Waals surface area contributed by atoms with Crippen LogP contribution < -0.4 is 0 Å². The molecule has 0 aromatic heterocycles. The highest BCUT2D eigenvalue weighted by atomic mass is 14.0. The molecular weight excluding hydrogens is 96.1 g/mol. The van der Waals surface area contributed by atoms with Crippen LogP contribution in [-0.4, -0.2) is 0 Å². The summed E-state index contributed by atoms with van der Waals surface area (Å²) in [7, 11) is 0. The van der Waals surface area contributed by atoms with E-state index < -0.39 is 0 Å². The fourth-order valence-corrected chi connectivity index (χ4v) is 0.702. The predicted octanol–water partition coefficient (Wildman–Crippen LogP) is 2.67. The van der Waals surface area contributed by atoms with Crippen molar-refractivity contribution in [3.05, 3.63) is 19.6 Å². The highest BCUT2D eigenvalue weighted by Gasteiger charge is 1.98. The lowest BCUT2D eigenvalue weighted by atomic mass is 9.99. The van der Waals surface area contributed by atoms with E-state index in [1.54, 1.807) is 0 Å². The first kappa shape index (κ1) is 7.74. The van der Waals surface area contributed by atoms with Crippen LogP contribution in [-0.2, 0) is 0 Å². The number of hydrogen-bond donors (Lipinski definition) is 0. The second-order valence-electron chi connectivity index (χ2n) is 2.63. The van der Waals surface area contributed by atoms with Crippen molar-refractivity contribution >= 4 is 0 Å². The van der Waals surface area contributed by atoms with Gasteiger partial charge < -0.3 is 0 Å². The van der Waals surface area contributed by atoms with Crippen LogP contribution in [0.4, 0.5) is 0 Å². The van der Waals surface area contributed by atoms with Crippen LogP contribution in [0.3, 0.4) is 0 Å². The number of hydrogen-bond acceptors (Lipinski definition) is 0. The lowest BCUT2D eigenvalue weighted by Crippen LogP contribution is -1.95. The van der Waals surface area contributed by atoms with Gasteiger partial charge in [-0.1, -0.05) is 19.9 Å². The molecule has 0 heteroatoms. The third kappa shape index (κ3) is 3.91. The normalized spacial score (nSPS) is 14.0. The first-order valence-corrected chi connectivity index (χ1v) is 3.12. The van der Waals surface area contributed by atoms with Crippen LogP contribution in [0, 0.1) is 18.8 Å². The SMILES string of the molecule is [CH2]C(C=C)CC(C)C. The van der Waals surface area contributed by atoms with Crippen molar-refractivity contribution in [3.8, 4) is 0 Å². The number of allylic oxidation sites excluding steroid dienone is 1. The first-order chi connectivity index (χ1) is 3.66. The molecule has 47 valence electrons. The van der Waals surface area contributed by atoms with Crippen LogP contribution in [0.25, 0.3) is 0 Å². The van der Waals surface area contributed by atoms with Crippen molar-refractivity contribution in [2.75, 3.05) is 0 Å². The van der Waals surface area contributed by atoms with Crippen LogP contribution in [0.15, 0.2) is 12.7 Å². The molecule has 0 heterocycles. The largest absolute Gasteiger partial charge is 0.103 e. The molecule has 0 fully saturated rings. The minimum absolute atomic E-state index is 0.440. The molecule has 0 aliphatic rings. The van der Waals surface area contributed by atoms with Gasteiger partial charge in [0.15, 0.2) is 0 Å². The molecule has 1 unspecified atom stereocenters. The summed E-state index contributed by atoms with van der Waals surface area (Å²) >= 11 is 0. The van der Waals surface area contributed by atoms with Crippen LogP contribution in [0.5, 0.6) is 0 Å². The summed E-state index contributed by atoms with van der Waals surface area (Å²) in [6, 6.07) is 0. The van der Waals surface area contributed by atoms with E-state index in [0.717, 1.165) is 12.3 Å². The maximum absolute atomic E-state index is 3.88. The molecule has 1 radical (unpaired) electrons. The van der Waals surface area contributed by atoms with Crippen molar-refractivity contribution in [1.29, 1.82) is 0 Å². The summed E-state index contributed by atoms with van der Waals surface area (Å²) in [5.41, 5.74) is 0. The number of rotatable bonds is 3. The molecule has 0 amide bonds. The summed E-state index contributed by atoms with van der Waals surface area (Å²) in [4.78, 5) is 0. The standard InChI is InChI=1S/C8H15/c1-5-8(4)6-7(2)3/h5,7-8H,1,4,6H2,2-3H3. The Hall–Kier alpha value is -0.260. The fourth-order valence-electron chi connectivity index (χ4n) is 0.702. The highest BCUT2D eigenvalue weighted by molar-refractivity contribution is 4.80. The van der Waals surface area contributed by atoms with E-state index in [4.69, 9.17) is 0 Å². The molecule has 1 atom stereocenters. The average Bonchev–Trinajstić information content (AvgIpc) is 1.65. The third-order valence-corrected chi connectivity index (χ3v) is 1.11. The molecular formula is C8H15. The quantitative estimate of drug-likeness (QED) is 0.491. The molecule has 0 rings (SSSR count). The zero-order chi connectivity index (χ0) is 6.57. The average molecular weight is 111 g/mol. The van der Waals surface area contributed by atoms with E-state index >= 15 is 0 Å². The molecule has 0 aliphatic heterocycles. The Morgan fingerprint density at radius 3 is 2.12 bits per heavy atom. The first-order valence-electron chi connectivity index (χ1n) is 3.12. The Kier molecular flexibility index (Phi) is 3.59. The van der Waals surface area contributed by atoms with Crippen LogP contribution >= 0.6 is 0 Å². The molecule has 0 spiro atoms. The van der Waals surface area contributed by atoms with Crippen molar-refractivity contribution < 1.29 is 0 Å². The maximum atomic E-state index is 3.88. The zero-order valence-electron chi connectivity index (χ0n) is 5.85. The van der Waals surface area contributed by atoms with E-state index in [-0.39, 0.29) is 0 Å². The molecule has 0 nitrogen and oxygen atoms in total. The second kappa shape index (κ2) is 3.71. The van der Waals surface area contributed by atoms with Gasteiger partial charge in [0.2, 0.25) is 0 Å². The third-order valence-electron chi connectivity index (χ3n) is 1.11. The van der Waals surface area contributed by atoms with Gasteiger partial charge in [-0.15, -0.1) is 6.58 Å².